The van der Waals surface area contributed by atoms with E-state index in [4.69, 9.17) is 12.2 Å². The van der Waals surface area contributed by atoms with Crippen LogP contribution in [-0.2, 0) is 9.59 Å². The number of benzene rings is 1. The van der Waals surface area contributed by atoms with E-state index >= 15 is 0 Å². The lowest BCUT2D eigenvalue weighted by Crippen LogP contribution is -2.38. The lowest BCUT2D eigenvalue weighted by Gasteiger charge is -2.25. The van der Waals surface area contributed by atoms with E-state index in [1.807, 2.05) is 35.4 Å². The first-order valence-electron chi connectivity index (χ1n) is 11.3. The van der Waals surface area contributed by atoms with Gasteiger partial charge in [-0.3, -0.25) is 14.5 Å². The number of hydrogen-bond acceptors (Lipinski definition) is 3. The van der Waals surface area contributed by atoms with E-state index in [1.54, 1.807) is 4.90 Å². The van der Waals surface area contributed by atoms with Crippen molar-refractivity contribution in [1.82, 2.24) is 14.8 Å². The SMILES string of the molecule is O=C(CC1C(=O)N(C2CC2)C(=S)N1CCC1=CCCCC1)Nc1ccc2cc[nH]c2c1. The van der Waals surface area contributed by atoms with Gasteiger partial charge in [-0.2, -0.15) is 0 Å². The second-order valence-corrected chi connectivity index (χ2v) is 9.19. The van der Waals surface area contributed by atoms with E-state index in [-0.39, 0.29) is 24.3 Å². The van der Waals surface area contributed by atoms with E-state index in [9.17, 15) is 9.59 Å². The molecule has 0 radical (unpaired) electrons. The molecule has 6 nitrogen and oxygen atoms in total. The first-order valence-corrected chi connectivity index (χ1v) is 11.7. The number of rotatable bonds is 7. The van der Waals surface area contributed by atoms with Crippen molar-refractivity contribution in [3.63, 3.8) is 0 Å². The summed E-state index contributed by atoms with van der Waals surface area (Å²) in [6, 6.07) is 7.48. The van der Waals surface area contributed by atoms with Crippen LogP contribution < -0.4 is 5.32 Å². The third kappa shape index (κ3) is 4.24. The molecule has 162 valence electrons. The molecule has 3 aliphatic rings. The van der Waals surface area contributed by atoms with Crippen molar-refractivity contribution in [3.8, 4) is 0 Å². The van der Waals surface area contributed by atoms with Gasteiger partial charge in [0, 0.05) is 30.0 Å². The van der Waals surface area contributed by atoms with Crippen molar-refractivity contribution in [2.24, 2.45) is 0 Å². The summed E-state index contributed by atoms with van der Waals surface area (Å²) in [4.78, 5) is 33.0. The molecule has 2 N–H and O–H groups in total. The smallest absolute Gasteiger partial charge is 0.252 e. The minimum absolute atomic E-state index is 0.0138. The topological polar surface area (TPSA) is 68.4 Å². The highest BCUT2D eigenvalue weighted by molar-refractivity contribution is 7.80. The monoisotopic (exact) mass is 436 g/mol. The number of aromatic nitrogens is 1. The van der Waals surface area contributed by atoms with Gasteiger partial charge in [-0.25, -0.2) is 0 Å². The zero-order valence-electron chi connectivity index (χ0n) is 17.6. The molecule has 2 aromatic rings. The van der Waals surface area contributed by atoms with Gasteiger partial charge in [-0.1, -0.05) is 17.7 Å². The number of anilines is 1. The zero-order chi connectivity index (χ0) is 21.4. The van der Waals surface area contributed by atoms with Gasteiger partial charge in [0.1, 0.15) is 6.04 Å². The van der Waals surface area contributed by atoms with Crippen molar-refractivity contribution in [1.29, 1.82) is 0 Å². The number of carbonyl (C=O) groups is 2. The normalized spacial score (nSPS) is 21.7. The van der Waals surface area contributed by atoms with Gasteiger partial charge in [0.15, 0.2) is 5.11 Å². The van der Waals surface area contributed by atoms with Gasteiger partial charge in [0.05, 0.1) is 6.42 Å². The molecular formula is C24H28N4O2S. The van der Waals surface area contributed by atoms with Crippen LogP contribution in [-0.4, -0.2) is 50.3 Å². The molecule has 2 fully saturated rings. The summed E-state index contributed by atoms with van der Waals surface area (Å²) in [7, 11) is 0. The molecule has 1 atom stereocenters. The zero-order valence-corrected chi connectivity index (χ0v) is 18.4. The highest BCUT2D eigenvalue weighted by Gasteiger charge is 2.48. The molecule has 1 aliphatic heterocycles. The van der Waals surface area contributed by atoms with E-state index in [2.05, 4.69) is 16.4 Å². The number of carbonyl (C=O) groups excluding carboxylic acids is 2. The highest BCUT2D eigenvalue weighted by atomic mass is 32.1. The Hall–Kier alpha value is -2.67. The Morgan fingerprint density at radius 3 is 2.87 bits per heavy atom. The standard InChI is InChI=1S/C24H28N4O2S/c29-22(26-18-7-6-17-10-12-25-20(17)14-18)15-21-23(30)28(19-8-9-19)24(31)27(21)13-11-16-4-2-1-3-5-16/h4,6-7,10,12,14,19,21,25H,1-3,5,8-9,11,13,15H2,(H,26,29). The number of nitrogens with zero attached hydrogens (tertiary/aromatic N) is 2. The van der Waals surface area contributed by atoms with Gasteiger partial charge in [-0.05, 0) is 80.7 Å². The molecule has 1 saturated heterocycles. The number of amides is 2. The predicted octanol–water partition coefficient (Wildman–Crippen LogP) is 4.35. The van der Waals surface area contributed by atoms with Crippen LogP contribution in [0, 0.1) is 0 Å². The van der Waals surface area contributed by atoms with E-state index < -0.39 is 6.04 Å². The highest BCUT2D eigenvalue weighted by Crippen LogP contribution is 2.34. The molecule has 2 aliphatic carbocycles. The first-order chi connectivity index (χ1) is 15.1. The van der Waals surface area contributed by atoms with Crippen LogP contribution in [0.25, 0.3) is 10.9 Å². The summed E-state index contributed by atoms with van der Waals surface area (Å²) in [5, 5.41) is 4.66. The van der Waals surface area contributed by atoms with Crippen LogP contribution in [0.1, 0.15) is 51.4 Å². The van der Waals surface area contributed by atoms with Crippen molar-refractivity contribution in [2.75, 3.05) is 11.9 Å². The van der Waals surface area contributed by atoms with Crippen molar-refractivity contribution in [3.05, 3.63) is 42.1 Å². The van der Waals surface area contributed by atoms with Crippen LogP contribution >= 0.6 is 12.2 Å². The van der Waals surface area contributed by atoms with Crippen LogP contribution in [0.3, 0.4) is 0 Å². The summed E-state index contributed by atoms with van der Waals surface area (Å²) in [6.07, 6.45) is 12.0. The summed E-state index contributed by atoms with van der Waals surface area (Å²) in [6.45, 7) is 0.700. The van der Waals surface area contributed by atoms with E-state index in [0.29, 0.717) is 11.7 Å². The summed E-state index contributed by atoms with van der Waals surface area (Å²) in [5.74, 6) is -0.174. The molecule has 31 heavy (non-hydrogen) atoms. The Morgan fingerprint density at radius 2 is 2.10 bits per heavy atom. The number of thiocarbonyl (C=S) groups is 1. The Kier molecular flexibility index (Phi) is 5.52. The molecule has 2 amide bonds. The Morgan fingerprint density at radius 1 is 1.23 bits per heavy atom. The number of fused-ring (bicyclic) bond motifs is 1. The molecule has 0 bridgehead atoms. The summed E-state index contributed by atoms with van der Waals surface area (Å²) >= 11 is 5.70. The Labute approximate surface area is 187 Å². The Balaban J connectivity index is 1.28. The maximum Gasteiger partial charge on any atom is 0.252 e. The van der Waals surface area contributed by atoms with Crippen LogP contribution in [0.5, 0.6) is 0 Å². The molecule has 1 saturated carbocycles. The van der Waals surface area contributed by atoms with Gasteiger partial charge in [-0.15, -0.1) is 0 Å². The minimum atomic E-state index is -0.508. The van der Waals surface area contributed by atoms with Crippen LogP contribution in [0.4, 0.5) is 5.69 Å². The molecule has 0 spiro atoms. The molecule has 1 aromatic heterocycles. The average molecular weight is 437 g/mol. The lowest BCUT2D eigenvalue weighted by molar-refractivity contribution is -0.131. The quantitative estimate of drug-likeness (QED) is 0.500. The fourth-order valence-electron chi connectivity index (χ4n) is 4.69. The first kappa shape index (κ1) is 20.2. The van der Waals surface area contributed by atoms with Crippen molar-refractivity contribution >= 4 is 45.7 Å². The van der Waals surface area contributed by atoms with Crippen molar-refractivity contribution in [2.45, 2.75) is 63.5 Å². The number of aromatic amines is 1. The largest absolute Gasteiger partial charge is 0.361 e. The van der Waals surface area contributed by atoms with E-state index in [1.165, 1.54) is 18.4 Å². The van der Waals surface area contributed by atoms with E-state index in [0.717, 1.165) is 48.7 Å². The minimum Gasteiger partial charge on any atom is -0.361 e. The molecule has 1 aromatic carbocycles. The van der Waals surface area contributed by atoms with Gasteiger partial charge < -0.3 is 15.2 Å². The maximum absolute atomic E-state index is 13.2. The number of H-pyrrole nitrogens is 1. The Bertz CT molecular complexity index is 1050. The van der Waals surface area contributed by atoms with Gasteiger partial charge >= 0.3 is 0 Å². The molecular weight excluding hydrogens is 408 g/mol. The number of hydrogen-bond donors (Lipinski definition) is 2. The third-order valence-electron chi connectivity index (χ3n) is 6.54. The van der Waals surface area contributed by atoms with Crippen LogP contribution in [0.2, 0.25) is 0 Å². The summed E-state index contributed by atoms with van der Waals surface area (Å²) in [5.41, 5.74) is 3.15. The van der Waals surface area contributed by atoms with Crippen LogP contribution in [0.15, 0.2) is 42.1 Å². The lowest BCUT2D eigenvalue weighted by atomic mass is 9.97. The molecule has 2 heterocycles. The van der Waals surface area contributed by atoms with Crippen molar-refractivity contribution < 1.29 is 9.59 Å². The second kappa shape index (κ2) is 8.46. The van der Waals surface area contributed by atoms with Gasteiger partial charge in [0.2, 0.25) is 5.91 Å². The number of nitrogens with one attached hydrogen (secondary N) is 2. The molecule has 1 unspecified atom stereocenters. The third-order valence-corrected chi connectivity index (χ3v) is 6.97. The summed E-state index contributed by atoms with van der Waals surface area (Å²) < 4.78 is 0. The predicted molar refractivity (Wildman–Crippen MR) is 126 cm³/mol. The maximum atomic E-state index is 13.2. The van der Waals surface area contributed by atoms with Gasteiger partial charge in [0.25, 0.3) is 5.91 Å². The molecule has 7 heteroatoms. The number of allylic oxidation sites excluding steroid dienone is 1. The fourth-order valence-corrected chi connectivity index (χ4v) is 5.14. The second-order valence-electron chi connectivity index (χ2n) is 8.82. The average Bonchev–Trinajstić information content (AvgIpc) is 3.43. The molecule has 5 rings (SSSR count). The fraction of sp³-hybridized carbons (Fsp3) is 0.458.